The maximum atomic E-state index is 12.1. The lowest BCUT2D eigenvalue weighted by Gasteiger charge is -2.08. The number of aryl methyl sites for hydroxylation is 1. The highest BCUT2D eigenvalue weighted by molar-refractivity contribution is 8.00. The van der Waals surface area contributed by atoms with Gasteiger partial charge in [0.05, 0.1) is 5.75 Å². The van der Waals surface area contributed by atoms with Crippen LogP contribution in [0.2, 0.25) is 0 Å². The molecule has 2 aromatic carbocycles. The molecule has 0 saturated heterocycles. The molecular formula is C18H20N2O3S2. The van der Waals surface area contributed by atoms with Crippen LogP contribution in [0.1, 0.15) is 21.5 Å². The summed E-state index contributed by atoms with van der Waals surface area (Å²) >= 11 is 1.40. The monoisotopic (exact) mass is 376 g/mol. The normalized spacial score (nSPS) is 11.6. The molecule has 0 radical (unpaired) electrons. The highest BCUT2D eigenvalue weighted by Crippen LogP contribution is 2.17. The quantitative estimate of drug-likeness (QED) is 0.600. The summed E-state index contributed by atoms with van der Waals surface area (Å²) in [4.78, 5) is 24.9. The zero-order chi connectivity index (χ0) is 18.2. The minimum absolute atomic E-state index is 0.207. The van der Waals surface area contributed by atoms with E-state index in [0.717, 1.165) is 16.0 Å². The molecule has 25 heavy (non-hydrogen) atoms. The first kappa shape index (κ1) is 19.2. The van der Waals surface area contributed by atoms with Crippen LogP contribution in [0.3, 0.4) is 0 Å². The van der Waals surface area contributed by atoms with E-state index in [1.54, 1.807) is 24.5 Å². The lowest BCUT2D eigenvalue weighted by atomic mass is 10.1. The van der Waals surface area contributed by atoms with Crippen molar-refractivity contribution >= 4 is 34.4 Å². The molecular weight excluding hydrogens is 356 g/mol. The molecule has 2 rings (SSSR count). The van der Waals surface area contributed by atoms with E-state index in [0.29, 0.717) is 11.3 Å². The molecule has 0 aromatic heterocycles. The summed E-state index contributed by atoms with van der Waals surface area (Å²) in [5.74, 6) is -0.0963. The molecule has 0 bridgehead atoms. The van der Waals surface area contributed by atoms with Crippen LogP contribution in [0.4, 0.5) is 0 Å². The number of thioether (sulfide) groups is 1. The van der Waals surface area contributed by atoms with Gasteiger partial charge in [-0.25, -0.2) is 0 Å². The molecule has 0 aliphatic carbocycles. The van der Waals surface area contributed by atoms with E-state index >= 15 is 0 Å². The third-order valence-electron chi connectivity index (χ3n) is 3.27. The minimum atomic E-state index is -0.976. The highest BCUT2D eigenvalue weighted by Gasteiger charge is 2.09. The van der Waals surface area contributed by atoms with E-state index < -0.39 is 16.7 Å². The average Bonchev–Trinajstić information content (AvgIpc) is 2.59. The van der Waals surface area contributed by atoms with Crippen LogP contribution in [0.25, 0.3) is 0 Å². The second kappa shape index (κ2) is 9.39. The zero-order valence-electron chi connectivity index (χ0n) is 14.1. The first-order valence-electron chi connectivity index (χ1n) is 7.61. The van der Waals surface area contributed by atoms with Gasteiger partial charge in [0.1, 0.15) is 0 Å². The lowest BCUT2D eigenvalue weighted by Crippen LogP contribution is -2.42. The summed E-state index contributed by atoms with van der Waals surface area (Å²) in [6.45, 7) is 2.00. The van der Waals surface area contributed by atoms with E-state index in [1.165, 1.54) is 11.8 Å². The largest absolute Gasteiger partial charge is 0.272 e. The van der Waals surface area contributed by atoms with E-state index in [9.17, 15) is 13.8 Å². The van der Waals surface area contributed by atoms with Gasteiger partial charge in [0.15, 0.2) is 0 Å². The first-order valence-corrected chi connectivity index (χ1v) is 10.3. The van der Waals surface area contributed by atoms with Crippen molar-refractivity contribution < 1.29 is 13.8 Å². The van der Waals surface area contributed by atoms with Gasteiger partial charge in [0.25, 0.3) is 5.91 Å². The van der Waals surface area contributed by atoms with Crippen molar-refractivity contribution in [3.63, 3.8) is 0 Å². The Morgan fingerprint density at radius 1 is 1.08 bits per heavy atom. The minimum Gasteiger partial charge on any atom is -0.272 e. The molecule has 2 N–H and O–H groups in total. The molecule has 2 aromatic rings. The molecule has 0 aliphatic heterocycles. The topological polar surface area (TPSA) is 75.3 Å². The fourth-order valence-electron chi connectivity index (χ4n) is 2.06. The van der Waals surface area contributed by atoms with E-state index in [4.69, 9.17) is 0 Å². The van der Waals surface area contributed by atoms with Gasteiger partial charge in [0.2, 0.25) is 5.91 Å². The van der Waals surface area contributed by atoms with Crippen molar-refractivity contribution in [1.29, 1.82) is 0 Å². The Balaban J connectivity index is 1.81. The molecule has 2 amide bonds. The molecule has 0 spiro atoms. The van der Waals surface area contributed by atoms with Gasteiger partial charge in [0, 0.05) is 33.3 Å². The number of nitrogens with one attached hydrogen (secondary N) is 2. The molecule has 0 fully saturated rings. The zero-order valence-corrected chi connectivity index (χ0v) is 15.7. The van der Waals surface area contributed by atoms with Crippen LogP contribution in [-0.2, 0) is 21.3 Å². The second-order valence-corrected chi connectivity index (χ2v) is 8.01. The number of carbonyl (C=O) groups is 2. The highest BCUT2D eigenvalue weighted by atomic mass is 32.2. The summed E-state index contributed by atoms with van der Waals surface area (Å²) in [6, 6.07) is 14.7. The van der Waals surface area contributed by atoms with E-state index in [2.05, 4.69) is 10.9 Å². The first-order chi connectivity index (χ1) is 11.9. The summed E-state index contributed by atoms with van der Waals surface area (Å²) < 4.78 is 11.3. The predicted molar refractivity (Wildman–Crippen MR) is 102 cm³/mol. The average molecular weight is 377 g/mol. The van der Waals surface area contributed by atoms with Crippen LogP contribution < -0.4 is 10.9 Å². The summed E-state index contributed by atoms with van der Waals surface area (Å²) in [7, 11) is -0.976. The molecule has 0 aliphatic rings. The van der Waals surface area contributed by atoms with Crippen molar-refractivity contribution in [3.05, 3.63) is 65.2 Å². The van der Waals surface area contributed by atoms with Crippen molar-refractivity contribution in [2.45, 2.75) is 17.6 Å². The van der Waals surface area contributed by atoms with Gasteiger partial charge >= 0.3 is 0 Å². The third-order valence-corrected chi connectivity index (χ3v) is 5.02. The third kappa shape index (κ3) is 6.72. The SMILES string of the molecule is Cc1ccc(SCC(=O)NNC(=O)c2cccc(C[S@](C)=O)c2)cc1. The molecule has 5 nitrogen and oxygen atoms in total. The van der Waals surface area contributed by atoms with E-state index in [-0.39, 0.29) is 11.7 Å². The predicted octanol–water partition coefficient (Wildman–Crippen LogP) is 2.43. The van der Waals surface area contributed by atoms with Crippen LogP contribution >= 0.6 is 11.8 Å². The van der Waals surface area contributed by atoms with Gasteiger partial charge in [-0.1, -0.05) is 29.8 Å². The van der Waals surface area contributed by atoms with Gasteiger partial charge in [-0.3, -0.25) is 24.6 Å². The molecule has 1 atom stereocenters. The Morgan fingerprint density at radius 3 is 2.48 bits per heavy atom. The standard InChI is InChI=1S/C18H20N2O3S2/c1-13-6-8-16(9-7-13)24-11-17(21)19-20-18(22)15-5-3-4-14(10-15)12-25(2)23/h3-10H,11-12H2,1-2H3,(H,19,21)(H,20,22)/t25-/m0/s1. The van der Waals surface area contributed by atoms with E-state index in [1.807, 2.05) is 37.3 Å². The van der Waals surface area contributed by atoms with Gasteiger partial charge in [-0.05, 0) is 36.8 Å². The summed E-state index contributed by atoms with van der Waals surface area (Å²) in [5, 5.41) is 0. The number of amides is 2. The number of hydrogen-bond acceptors (Lipinski definition) is 4. The fourth-order valence-corrected chi connectivity index (χ4v) is 3.40. The fraction of sp³-hybridized carbons (Fsp3) is 0.222. The van der Waals surface area contributed by atoms with Crippen molar-refractivity contribution in [2.75, 3.05) is 12.0 Å². The van der Waals surface area contributed by atoms with Gasteiger partial charge in [-0.15, -0.1) is 11.8 Å². The second-order valence-electron chi connectivity index (χ2n) is 5.52. The van der Waals surface area contributed by atoms with Crippen molar-refractivity contribution in [3.8, 4) is 0 Å². The number of hydrazine groups is 1. The van der Waals surface area contributed by atoms with Crippen LogP contribution in [0, 0.1) is 6.92 Å². The number of rotatable bonds is 6. The Hall–Kier alpha value is -2.12. The van der Waals surface area contributed by atoms with Crippen molar-refractivity contribution in [2.24, 2.45) is 0 Å². The number of benzene rings is 2. The Kier molecular flexibility index (Phi) is 7.21. The lowest BCUT2D eigenvalue weighted by molar-refractivity contribution is -0.119. The maximum absolute atomic E-state index is 12.1. The Labute approximate surface area is 154 Å². The molecule has 0 unspecified atom stereocenters. The maximum Gasteiger partial charge on any atom is 0.269 e. The van der Waals surface area contributed by atoms with Gasteiger partial charge in [-0.2, -0.15) is 0 Å². The van der Waals surface area contributed by atoms with Gasteiger partial charge < -0.3 is 0 Å². The summed E-state index contributed by atoms with van der Waals surface area (Å²) in [5.41, 5.74) is 7.19. The van der Waals surface area contributed by atoms with Crippen molar-refractivity contribution in [1.82, 2.24) is 10.9 Å². The van der Waals surface area contributed by atoms with Crippen LogP contribution in [0.5, 0.6) is 0 Å². The van der Waals surface area contributed by atoms with Crippen LogP contribution in [0.15, 0.2) is 53.4 Å². The number of hydrogen-bond donors (Lipinski definition) is 2. The number of carbonyl (C=O) groups excluding carboxylic acids is 2. The molecule has 0 heterocycles. The Morgan fingerprint density at radius 2 is 1.80 bits per heavy atom. The molecule has 0 saturated carbocycles. The smallest absolute Gasteiger partial charge is 0.269 e. The molecule has 132 valence electrons. The van der Waals surface area contributed by atoms with Crippen LogP contribution in [-0.4, -0.2) is 28.0 Å². The summed E-state index contributed by atoms with van der Waals surface area (Å²) in [6.07, 6.45) is 1.61. The molecule has 7 heteroatoms. The Bertz CT molecular complexity index is 776.